The Balaban J connectivity index is 1.87. The van der Waals surface area contributed by atoms with E-state index in [2.05, 4.69) is 15.6 Å². The Bertz CT molecular complexity index is 1100. The third-order valence-corrected chi connectivity index (χ3v) is 4.81. The highest BCUT2D eigenvalue weighted by atomic mass is 32.2. The standard InChI is InChI=1S/C19H16FN3O3S/c1-27(25,26)14-7-4-6-13(12-14)22-19(24)15-8-5-11-21-18(15)23-17-10-3-2-9-16(17)20/h2-12H,1H3,(H,21,23)(H,22,24). The topological polar surface area (TPSA) is 88.2 Å². The lowest BCUT2D eigenvalue weighted by Gasteiger charge is -2.12. The van der Waals surface area contributed by atoms with Gasteiger partial charge in [-0.1, -0.05) is 18.2 Å². The van der Waals surface area contributed by atoms with E-state index in [0.717, 1.165) is 6.26 Å². The van der Waals surface area contributed by atoms with Crippen LogP contribution in [0, 0.1) is 5.82 Å². The number of nitrogens with one attached hydrogen (secondary N) is 2. The molecule has 1 heterocycles. The minimum Gasteiger partial charge on any atom is -0.337 e. The summed E-state index contributed by atoms with van der Waals surface area (Å²) < 4.78 is 37.2. The number of pyridine rings is 1. The summed E-state index contributed by atoms with van der Waals surface area (Å²) in [5, 5.41) is 5.43. The van der Waals surface area contributed by atoms with E-state index in [1.807, 2.05) is 0 Å². The first kappa shape index (κ1) is 18.5. The van der Waals surface area contributed by atoms with E-state index in [0.29, 0.717) is 5.69 Å². The number of carbonyl (C=O) groups is 1. The lowest BCUT2D eigenvalue weighted by molar-refractivity contribution is 0.102. The van der Waals surface area contributed by atoms with Gasteiger partial charge in [0.2, 0.25) is 0 Å². The Hall–Kier alpha value is -3.26. The number of carbonyl (C=O) groups excluding carboxylic acids is 1. The molecule has 6 nitrogen and oxygen atoms in total. The molecule has 138 valence electrons. The van der Waals surface area contributed by atoms with E-state index in [1.54, 1.807) is 24.3 Å². The highest BCUT2D eigenvalue weighted by molar-refractivity contribution is 7.90. The minimum absolute atomic E-state index is 0.0937. The Kier molecular flexibility index (Phi) is 5.18. The molecule has 2 N–H and O–H groups in total. The summed E-state index contributed by atoms with van der Waals surface area (Å²) in [4.78, 5) is 16.8. The first-order valence-corrected chi connectivity index (χ1v) is 9.82. The Labute approximate surface area is 156 Å². The molecule has 0 bridgehead atoms. The molecule has 0 saturated carbocycles. The molecule has 0 fully saturated rings. The summed E-state index contributed by atoms with van der Waals surface area (Å²) in [6.07, 6.45) is 2.57. The van der Waals surface area contributed by atoms with Crippen LogP contribution in [0.5, 0.6) is 0 Å². The SMILES string of the molecule is CS(=O)(=O)c1cccc(NC(=O)c2cccnc2Nc2ccccc2F)c1. The zero-order chi connectivity index (χ0) is 19.4. The predicted octanol–water partition coefficient (Wildman–Crippen LogP) is 3.62. The van der Waals surface area contributed by atoms with E-state index in [4.69, 9.17) is 0 Å². The van der Waals surface area contributed by atoms with Crippen molar-refractivity contribution in [1.29, 1.82) is 0 Å². The van der Waals surface area contributed by atoms with Crippen LogP contribution in [0.2, 0.25) is 0 Å². The number of sulfone groups is 1. The lowest BCUT2D eigenvalue weighted by Crippen LogP contribution is -2.15. The third kappa shape index (κ3) is 4.48. The molecule has 0 aliphatic heterocycles. The average molecular weight is 385 g/mol. The molecule has 27 heavy (non-hydrogen) atoms. The highest BCUT2D eigenvalue weighted by Crippen LogP contribution is 2.22. The van der Waals surface area contributed by atoms with Gasteiger partial charge in [-0.05, 0) is 42.5 Å². The van der Waals surface area contributed by atoms with Gasteiger partial charge in [0.1, 0.15) is 11.6 Å². The maximum atomic E-state index is 13.9. The number of hydrogen-bond acceptors (Lipinski definition) is 5. The van der Waals surface area contributed by atoms with Gasteiger partial charge in [-0.3, -0.25) is 4.79 Å². The summed E-state index contributed by atoms with van der Waals surface area (Å²) in [7, 11) is -3.40. The van der Waals surface area contributed by atoms with Crippen LogP contribution in [0.25, 0.3) is 0 Å². The van der Waals surface area contributed by atoms with Crippen LogP contribution in [-0.2, 0) is 9.84 Å². The average Bonchev–Trinajstić information content (AvgIpc) is 2.63. The molecule has 3 rings (SSSR count). The van der Waals surface area contributed by atoms with Gasteiger partial charge in [0.05, 0.1) is 16.1 Å². The lowest BCUT2D eigenvalue weighted by atomic mass is 10.2. The number of benzene rings is 2. The fourth-order valence-corrected chi connectivity index (χ4v) is 3.05. The van der Waals surface area contributed by atoms with E-state index in [1.165, 1.54) is 42.6 Å². The quantitative estimate of drug-likeness (QED) is 0.700. The molecule has 1 aromatic heterocycles. The second kappa shape index (κ2) is 7.55. The van der Waals surface area contributed by atoms with Crippen molar-refractivity contribution in [3.63, 3.8) is 0 Å². The molecule has 1 amide bonds. The smallest absolute Gasteiger partial charge is 0.259 e. The number of rotatable bonds is 5. The molecule has 0 unspecified atom stereocenters. The van der Waals surface area contributed by atoms with E-state index in [-0.39, 0.29) is 22.0 Å². The maximum absolute atomic E-state index is 13.9. The van der Waals surface area contributed by atoms with E-state index < -0.39 is 21.6 Å². The summed E-state index contributed by atoms with van der Waals surface area (Å²) in [6, 6.07) is 15.1. The summed E-state index contributed by atoms with van der Waals surface area (Å²) in [5.74, 6) is -0.803. The molecular formula is C19H16FN3O3S. The molecule has 0 spiro atoms. The van der Waals surface area contributed by atoms with Crippen molar-refractivity contribution in [2.45, 2.75) is 4.90 Å². The van der Waals surface area contributed by atoms with Crippen molar-refractivity contribution in [2.24, 2.45) is 0 Å². The Morgan fingerprint density at radius 1 is 1.04 bits per heavy atom. The molecule has 3 aromatic rings. The molecule has 8 heteroatoms. The number of nitrogens with zero attached hydrogens (tertiary/aromatic N) is 1. The van der Waals surface area contributed by atoms with E-state index >= 15 is 0 Å². The summed E-state index contributed by atoms with van der Waals surface area (Å²) in [6.45, 7) is 0. The van der Waals surface area contributed by atoms with Crippen LogP contribution in [0.1, 0.15) is 10.4 Å². The molecule has 0 radical (unpaired) electrons. The van der Waals surface area contributed by atoms with Crippen molar-refractivity contribution >= 4 is 32.9 Å². The van der Waals surface area contributed by atoms with Gasteiger partial charge >= 0.3 is 0 Å². The van der Waals surface area contributed by atoms with Crippen LogP contribution in [0.3, 0.4) is 0 Å². The van der Waals surface area contributed by atoms with Crippen LogP contribution in [0.15, 0.2) is 71.8 Å². The van der Waals surface area contributed by atoms with E-state index in [9.17, 15) is 17.6 Å². The van der Waals surface area contributed by atoms with Crippen molar-refractivity contribution in [1.82, 2.24) is 4.98 Å². The van der Waals surface area contributed by atoms with Gasteiger partial charge in [-0.25, -0.2) is 17.8 Å². The number of amides is 1. The fraction of sp³-hybridized carbons (Fsp3) is 0.0526. The number of anilines is 3. The molecule has 0 saturated heterocycles. The van der Waals surface area contributed by atoms with Gasteiger partial charge in [-0.2, -0.15) is 0 Å². The fourth-order valence-electron chi connectivity index (χ4n) is 2.38. The van der Waals surface area contributed by atoms with Crippen molar-refractivity contribution in [3.8, 4) is 0 Å². The number of hydrogen-bond donors (Lipinski definition) is 2. The normalized spacial score (nSPS) is 11.0. The largest absolute Gasteiger partial charge is 0.337 e. The van der Waals surface area contributed by atoms with Crippen LogP contribution >= 0.6 is 0 Å². The predicted molar refractivity (Wildman–Crippen MR) is 101 cm³/mol. The molecular weight excluding hydrogens is 369 g/mol. The molecule has 2 aromatic carbocycles. The summed E-state index contributed by atoms with van der Waals surface area (Å²) >= 11 is 0. The Morgan fingerprint density at radius 3 is 2.56 bits per heavy atom. The van der Waals surface area contributed by atoms with Crippen molar-refractivity contribution < 1.29 is 17.6 Å². The number of halogens is 1. The first-order valence-electron chi connectivity index (χ1n) is 7.92. The minimum atomic E-state index is -3.40. The van der Waals surface area contributed by atoms with Gasteiger partial charge < -0.3 is 10.6 Å². The van der Waals surface area contributed by atoms with Crippen LogP contribution in [-0.4, -0.2) is 25.6 Å². The van der Waals surface area contributed by atoms with Gasteiger partial charge in [0.15, 0.2) is 9.84 Å². The first-order chi connectivity index (χ1) is 12.8. The Morgan fingerprint density at radius 2 is 1.81 bits per heavy atom. The zero-order valence-corrected chi connectivity index (χ0v) is 15.1. The van der Waals surface area contributed by atoms with Crippen molar-refractivity contribution in [2.75, 3.05) is 16.9 Å². The zero-order valence-electron chi connectivity index (χ0n) is 14.3. The summed E-state index contributed by atoms with van der Waals surface area (Å²) in [5.41, 5.74) is 0.693. The van der Waals surface area contributed by atoms with Crippen LogP contribution < -0.4 is 10.6 Å². The van der Waals surface area contributed by atoms with Gasteiger partial charge in [-0.15, -0.1) is 0 Å². The molecule has 0 atom stereocenters. The third-order valence-electron chi connectivity index (χ3n) is 3.70. The monoisotopic (exact) mass is 385 g/mol. The van der Waals surface area contributed by atoms with Gasteiger partial charge in [0, 0.05) is 18.1 Å². The van der Waals surface area contributed by atoms with Gasteiger partial charge in [0.25, 0.3) is 5.91 Å². The maximum Gasteiger partial charge on any atom is 0.259 e. The molecule has 0 aliphatic carbocycles. The molecule has 0 aliphatic rings. The van der Waals surface area contributed by atoms with Crippen LogP contribution in [0.4, 0.5) is 21.6 Å². The number of aromatic nitrogens is 1. The second-order valence-electron chi connectivity index (χ2n) is 5.76. The van der Waals surface area contributed by atoms with Crippen molar-refractivity contribution in [3.05, 3.63) is 78.2 Å². The second-order valence-corrected chi connectivity index (χ2v) is 7.77. The highest BCUT2D eigenvalue weighted by Gasteiger charge is 2.15. The number of para-hydroxylation sites is 1.